The molecule has 3 heterocycles. The summed E-state index contributed by atoms with van der Waals surface area (Å²) in [7, 11) is 0. The fraction of sp³-hybridized carbons (Fsp3) is 0.640. The first kappa shape index (κ1) is 23.5. The molecular weight excluding hydrogens is 420 g/mol. The summed E-state index contributed by atoms with van der Waals surface area (Å²) in [6.45, 7) is 9.98. The molecule has 3 saturated heterocycles. The van der Waals surface area contributed by atoms with Crippen molar-refractivity contribution in [3.05, 3.63) is 30.3 Å². The third kappa shape index (κ3) is 5.00. The topological polar surface area (TPSA) is 73.4 Å². The lowest BCUT2D eigenvalue weighted by Crippen LogP contribution is -2.57. The minimum atomic E-state index is -0.717. The molecule has 0 aromatic heterocycles. The van der Waals surface area contributed by atoms with Gasteiger partial charge in [-0.2, -0.15) is 0 Å². The van der Waals surface area contributed by atoms with Gasteiger partial charge in [-0.1, -0.05) is 39.0 Å². The van der Waals surface area contributed by atoms with Crippen molar-refractivity contribution in [2.45, 2.75) is 45.6 Å². The minimum absolute atomic E-state index is 0.00381. The molecule has 4 rings (SSSR count). The fourth-order valence-corrected chi connectivity index (χ4v) is 5.09. The lowest BCUT2D eigenvalue weighted by Gasteiger charge is -2.43. The lowest BCUT2D eigenvalue weighted by molar-refractivity contribution is -0.144. The standard InChI is InChI=1S/C25H36N4O4/c1-24(2,3)17-21(30)26-11-9-25(10-12-26)23(32)28(18-22(31)27-13-15-33-16-14-27)19-29(25)20-7-5-4-6-8-20/h4-8H,9-19H2,1-3H3. The van der Waals surface area contributed by atoms with Gasteiger partial charge in [0.15, 0.2) is 0 Å². The van der Waals surface area contributed by atoms with Gasteiger partial charge >= 0.3 is 0 Å². The quantitative estimate of drug-likeness (QED) is 0.693. The summed E-state index contributed by atoms with van der Waals surface area (Å²) in [5.41, 5.74) is 0.189. The highest BCUT2D eigenvalue weighted by Crippen LogP contribution is 2.39. The zero-order valence-corrected chi connectivity index (χ0v) is 20.1. The average Bonchev–Trinajstić information content (AvgIpc) is 3.05. The number of rotatable bonds is 4. The van der Waals surface area contributed by atoms with E-state index in [0.717, 1.165) is 5.69 Å². The Morgan fingerprint density at radius 2 is 1.55 bits per heavy atom. The van der Waals surface area contributed by atoms with Gasteiger partial charge < -0.3 is 24.3 Å². The van der Waals surface area contributed by atoms with E-state index in [-0.39, 0.29) is 29.7 Å². The number of nitrogens with zero attached hydrogens (tertiary/aromatic N) is 4. The lowest BCUT2D eigenvalue weighted by atomic mass is 9.84. The minimum Gasteiger partial charge on any atom is -0.378 e. The highest BCUT2D eigenvalue weighted by atomic mass is 16.5. The summed E-state index contributed by atoms with van der Waals surface area (Å²) in [5, 5.41) is 0. The van der Waals surface area contributed by atoms with E-state index >= 15 is 0 Å². The number of morpholine rings is 1. The number of hydrogen-bond donors (Lipinski definition) is 0. The van der Waals surface area contributed by atoms with Crippen LogP contribution in [0.25, 0.3) is 0 Å². The van der Waals surface area contributed by atoms with Crippen LogP contribution in [0.1, 0.15) is 40.0 Å². The SMILES string of the molecule is CC(C)(C)CC(=O)N1CCC2(CC1)C(=O)N(CC(=O)N1CCOCC1)CN2c1ccccc1. The van der Waals surface area contributed by atoms with Crippen LogP contribution in [0.4, 0.5) is 5.69 Å². The molecular formula is C25H36N4O4. The van der Waals surface area contributed by atoms with E-state index in [0.29, 0.717) is 65.3 Å². The van der Waals surface area contributed by atoms with Crippen LogP contribution in [0.3, 0.4) is 0 Å². The fourth-order valence-electron chi connectivity index (χ4n) is 5.09. The van der Waals surface area contributed by atoms with Crippen molar-refractivity contribution in [2.75, 3.05) is 57.5 Å². The molecule has 8 heteroatoms. The first-order valence-electron chi connectivity index (χ1n) is 11.9. The molecule has 3 amide bonds. The van der Waals surface area contributed by atoms with Crippen molar-refractivity contribution in [2.24, 2.45) is 5.41 Å². The Morgan fingerprint density at radius 3 is 2.15 bits per heavy atom. The van der Waals surface area contributed by atoms with Crippen LogP contribution in [0, 0.1) is 5.41 Å². The van der Waals surface area contributed by atoms with Gasteiger partial charge in [-0.3, -0.25) is 14.4 Å². The van der Waals surface area contributed by atoms with Crippen LogP contribution in [-0.4, -0.2) is 90.6 Å². The van der Waals surface area contributed by atoms with Gasteiger partial charge in [0.1, 0.15) is 12.1 Å². The molecule has 0 atom stereocenters. The van der Waals surface area contributed by atoms with Gasteiger partial charge in [0.05, 0.1) is 19.9 Å². The van der Waals surface area contributed by atoms with Gasteiger partial charge in [0.2, 0.25) is 11.8 Å². The summed E-state index contributed by atoms with van der Waals surface area (Å²) in [6.07, 6.45) is 1.63. The number of anilines is 1. The number of amides is 3. The molecule has 3 fully saturated rings. The molecule has 8 nitrogen and oxygen atoms in total. The highest BCUT2D eigenvalue weighted by Gasteiger charge is 2.54. The Morgan fingerprint density at radius 1 is 0.939 bits per heavy atom. The predicted octanol–water partition coefficient (Wildman–Crippen LogP) is 1.95. The van der Waals surface area contributed by atoms with Crippen LogP contribution in [-0.2, 0) is 19.1 Å². The molecule has 0 saturated carbocycles. The Labute approximate surface area is 196 Å². The first-order valence-corrected chi connectivity index (χ1v) is 11.9. The Balaban J connectivity index is 1.51. The summed E-state index contributed by atoms with van der Waals surface area (Å²) in [6, 6.07) is 9.93. The van der Waals surface area contributed by atoms with Crippen molar-refractivity contribution < 1.29 is 19.1 Å². The number of carbonyl (C=O) groups excluding carboxylic acids is 3. The van der Waals surface area contributed by atoms with Gasteiger partial charge in [0.25, 0.3) is 5.91 Å². The average molecular weight is 457 g/mol. The maximum atomic E-state index is 13.8. The molecule has 0 bridgehead atoms. The summed E-state index contributed by atoms with van der Waals surface area (Å²) < 4.78 is 5.35. The number of piperidine rings is 1. The molecule has 0 radical (unpaired) electrons. The monoisotopic (exact) mass is 456 g/mol. The van der Waals surface area contributed by atoms with Crippen LogP contribution in [0.2, 0.25) is 0 Å². The molecule has 1 aromatic rings. The number of likely N-dealkylation sites (tertiary alicyclic amines) is 1. The van der Waals surface area contributed by atoms with E-state index in [4.69, 9.17) is 4.74 Å². The second-order valence-corrected chi connectivity index (χ2v) is 10.6. The summed E-state index contributed by atoms with van der Waals surface area (Å²) in [4.78, 5) is 47.0. The van der Waals surface area contributed by atoms with E-state index in [1.807, 2.05) is 35.2 Å². The molecule has 0 unspecified atom stereocenters. The molecule has 1 spiro atoms. The maximum absolute atomic E-state index is 13.8. The third-order valence-corrected chi connectivity index (χ3v) is 6.90. The van der Waals surface area contributed by atoms with E-state index in [9.17, 15) is 14.4 Å². The van der Waals surface area contributed by atoms with E-state index in [1.165, 1.54) is 0 Å². The van der Waals surface area contributed by atoms with Crippen LogP contribution >= 0.6 is 0 Å². The van der Waals surface area contributed by atoms with E-state index in [1.54, 1.807) is 9.80 Å². The Bertz CT molecular complexity index is 868. The van der Waals surface area contributed by atoms with Crippen molar-refractivity contribution in [1.82, 2.24) is 14.7 Å². The molecule has 3 aliphatic heterocycles. The van der Waals surface area contributed by atoms with Crippen LogP contribution < -0.4 is 4.90 Å². The maximum Gasteiger partial charge on any atom is 0.250 e. The van der Waals surface area contributed by atoms with Gasteiger partial charge in [0, 0.05) is 38.3 Å². The smallest absolute Gasteiger partial charge is 0.250 e. The van der Waals surface area contributed by atoms with E-state index < -0.39 is 5.54 Å². The summed E-state index contributed by atoms with van der Waals surface area (Å²) >= 11 is 0. The normalized spacial score (nSPS) is 21.1. The summed E-state index contributed by atoms with van der Waals surface area (Å²) in [5.74, 6) is 0.110. The molecule has 33 heavy (non-hydrogen) atoms. The molecule has 0 aliphatic carbocycles. The van der Waals surface area contributed by atoms with Crippen LogP contribution in [0.5, 0.6) is 0 Å². The molecule has 3 aliphatic rings. The number of benzene rings is 1. The zero-order valence-electron chi connectivity index (χ0n) is 20.1. The van der Waals surface area contributed by atoms with Crippen molar-refractivity contribution in [1.29, 1.82) is 0 Å². The zero-order chi connectivity index (χ0) is 23.6. The van der Waals surface area contributed by atoms with Crippen molar-refractivity contribution >= 4 is 23.4 Å². The third-order valence-electron chi connectivity index (χ3n) is 6.90. The first-order chi connectivity index (χ1) is 15.7. The predicted molar refractivity (Wildman–Crippen MR) is 126 cm³/mol. The molecule has 0 N–H and O–H groups in total. The molecule has 1 aromatic carbocycles. The Kier molecular flexibility index (Phi) is 6.66. The van der Waals surface area contributed by atoms with Gasteiger partial charge in [-0.05, 0) is 30.4 Å². The highest BCUT2D eigenvalue weighted by molar-refractivity contribution is 5.96. The van der Waals surface area contributed by atoms with Crippen molar-refractivity contribution in [3.63, 3.8) is 0 Å². The van der Waals surface area contributed by atoms with Crippen LogP contribution in [0.15, 0.2) is 30.3 Å². The van der Waals surface area contributed by atoms with Crippen molar-refractivity contribution in [3.8, 4) is 0 Å². The molecule has 180 valence electrons. The number of carbonyl (C=O) groups is 3. The Hall–Kier alpha value is -2.61. The number of hydrogen-bond acceptors (Lipinski definition) is 5. The van der Waals surface area contributed by atoms with Gasteiger partial charge in [-0.25, -0.2) is 0 Å². The van der Waals surface area contributed by atoms with Gasteiger partial charge in [-0.15, -0.1) is 0 Å². The number of para-hydroxylation sites is 1. The second kappa shape index (κ2) is 9.33. The number of ether oxygens (including phenoxy) is 1. The largest absolute Gasteiger partial charge is 0.378 e. The second-order valence-electron chi connectivity index (χ2n) is 10.6. The van der Waals surface area contributed by atoms with E-state index in [2.05, 4.69) is 25.7 Å².